The number of nitrogens with zero attached hydrogens (tertiary/aromatic N) is 2. The van der Waals surface area contributed by atoms with Gasteiger partial charge in [0.15, 0.2) is 5.60 Å². The van der Waals surface area contributed by atoms with Crippen LogP contribution in [0.4, 0.5) is 0 Å². The Morgan fingerprint density at radius 1 is 1.08 bits per heavy atom. The van der Waals surface area contributed by atoms with Crippen LogP contribution in [0.2, 0.25) is 0 Å². The lowest BCUT2D eigenvalue weighted by Crippen LogP contribution is -2.40. The van der Waals surface area contributed by atoms with Crippen molar-refractivity contribution in [2.24, 2.45) is 0 Å². The summed E-state index contributed by atoms with van der Waals surface area (Å²) in [4.78, 5) is 31.7. The van der Waals surface area contributed by atoms with E-state index >= 15 is 0 Å². The number of hydrogen-bond donors (Lipinski definition) is 0. The highest BCUT2D eigenvalue weighted by Gasteiger charge is 2.58. The van der Waals surface area contributed by atoms with Gasteiger partial charge < -0.3 is 9.64 Å². The fourth-order valence-electron chi connectivity index (χ4n) is 4.26. The molecule has 5 rings (SSSR count). The molecule has 2 aromatic rings. The van der Waals surface area contributed by atoms with Crippen LogP contribution in [0.15, 0.2) is 48.7 Å². The normalized spacial score (nSPS) is 25.8. The minimum Gasteiger partial charge on any atom is -0.449 e. The third-order valence-electron chi connectivity index (χ3n) is 5.76. The first-order valence-electron chi connectivity index (χ1n) is 8.68. The lowest BCUT2D eigenvalue weighted by atomic mass is 9.91. The van der Waals surface area contributed by atoms with E-state index in [0.717, 1.165) is 24.1 Å². The zero-order valence-corrected chi connectivity index (χ0v) is 13.8. The van der Waals surface area contributed by atoms with E-state index in [9.17, 15) is 9.59 Å². The predicted molar refractivity (Wildman–Crippen MR) is 89.9 cm³/mol. The maximum atomic E-state index is 13.2. The summed E-state index contributed by atoms with van der Waals surface area (Å²) in [6.45, 7) is 1.04. The second kappa shape index (κ2) is 4.91. The molecule has 3 aliphatic rings. The molecule has 2 aliphatic heterocycles. The highest BCUT2D eigenvalue weighted by molar-refractivity contribution is 5.95. The van der Waals surface area contributed by atoms with Crippen LogP contribution in [0.1, 0.15) is 40.9 Å². The van der Waals surface area contributed by atoms with Gasteiger partial charge in [-0.1, -0.05) is 24.3 Å². The van der Waals surface area contributed by atoms with Crippen molar-refractivity contribution in [3.8, 4) is 0 Å². The van der Waals surface area contributed by atoms with Crippen LogP contribution in [0.25, 0.3) is 0 Å². The topological polar surface area (TPSA) is 59.5 Å². The van der Waals surface area contributed by atoms with Gasteiger partial charge in [0.05, 0.1) is 23.2 Å². The van der Waals surface area contributed by atoms with E-state index < -0.39 is 11.0 Å². The molecule has 1 spiro atoms. The van der Waals surface area contributed by atoms with Gasteiger partial charge in [0, 0.05) is 24.7 Å². The summed E-state index contributed by atoms with van der Waals surface area (Å²) in [5.74, 6) is -0.167. The number of carbonyl (C=O) groups is 2. The van der Waals surface area contributed by atoms with E-state index in [1.807, 2.05) is 41.3 Å². The third kappa shape index (κ3) is 1.98. The lowest BCUT2D eigenvalue weighted by Gasteiger charge is -2.26. The molecule has 1 saturated carbocycles. The molecule has 0 N–H and O–H groups in total. The quantitative estimate of drug-likeness (QED) is 0.792. The molecule has 1 amide bonds. The van der Waals surface area contributed by atoms with Gasteiger partial charge in [0.2, 0.25) is 5.91 Å². The van der Waals surface area contributed by atoms with Gasteiger partial charge in [-0.3, -0.25) is 9.78 Å². The molecule has 5 heteroatoms. The molecule has 2 fully saturated rings. The van der Waals surface area contributed by atoms with Gasteiger partial charge >= 0.3 is 5.97 Å². The Balaban J connectivity index is 1.44. The molecular formula is C20H18N2O3. The number of carbonyl (C=O) groups excluding carboxylic acids is 2. The summed E-state index contributed by atoms with van der Waals surface area (Å²) >= 11 is 0. The maximum absolute atomic E-state index is 13.2. The first-order valence-corrected chi connectivity index (χ1v) is 8.68. The van der Waals surface area contributed by atoms with Crippen molar-refractivity contribution in [2.45, 2.75) is 30.3 Å². The van der Waals surface area contributed by atoms with Crippen molar-refractivity contribution in [2.75, 3.05) is 13.1 Å². The van der Waals surface area contributed by atoms with Gasteiger partial charge in [-0.15, -0.1) is 0 Å². The summed E-state index contributed by atoms with van der Waals surface area (Å²) in [5.41, 5.74) is 1.24. The fourth-order valence-corrected chi connectivity index (χ4v) is 4.26. The number of rotatable bonds is 2. The van der Waals surface area contributed by atoms with Crippen LogP contribution in [-0.2, 0) is 20.5 Å². The Kier molecular flexibility index (Phi) is 2.87. The molecule has 1 aliphatic carbocycles. The van der Waals surface area contributed by atoms with Gasteiger partial charge in [0.1, 0.15) is 0 Å². The van der Waals surface area contributed by atoms with E-state index in [2.05, 4.69) is 4.98 Å². The molecule has 1 aromatic carbocycles. The average molecular weight is 334 g/mol. The van der Waals surface area contributed by atoms with Gasteiger partial charge in [-0.05, 0) is 31.0 Å². The number of ether oxygens (including phenoxy) is 1. The molecule has 3 heterocycles. The number of esters is 1. The summed E-state index contributed by atoms with van der Waals surface area (Å²) in [6.07, 6.45) is 4.06. The second-order valence-electron chi connectivity index (χ2n) is 7.20. The largest absolute Gasteiger partial charge is 0.449 e. The summed E-state index contributed by atoms with van der Waals surface area (Å²) in [7, 11) is 0. The van der Waals surface area contributed by atoms with Gasteiger partial charge in [-0.2, -0.15) is 0 Å². The van der Waals surface area contributed by atoms with Crippen LogP contribution in [-0.4, -0.2) is 34.8 Å². The SMILES string of the molecule is O=C1OC2(CCN(C(=O)C3(c4ccccn4)CC3)C2)c2ccccc21. The van der Waals surface area contributed by atoms with Crippen LogP contribution in [0, 0.1) is 0 Å². The average Bonchev–Trinajstić information content (AvgIpc) is 3.29. The van der Waals surface area contributed by atoms with Crippen molar-refractivity contribution < 1.29 is 14.3 Å². The molecule has 25 heavy (non-hydrogen) atoms. The Labute approximate surface area is 145 Å². The Morgan fingerprint density at radius 2 is 1.88 bits per heavy atom. The highest BCUT2D eigenvalue weighted by atomic mass is 16.6. The van der Waals surface area contributed by atoms with Crippen molar-refractivity contribution >= 4 is 11.9 Å². The number of benzene rings is 1. The molecule has 1 aromatic heterocycles. The van der Waals surface area contributed by atoms with Crippen molar-refractivity contribution in [1.29, 1.82) is 0 Å². The number of pyridine rings is 1. The number of hydrogen-bond acceptors (Lipinski definition) is 4. The third-order valence-corrected chi connectivity index (χ3v) is 5.76. The number of amides is 1. The molecule has 1 saturated heterocycles. The number of aromatic nitrogens is 1. The van der Waals surface area contributed by atoms with Gasteiger partial charge in [-0.25, -0.2) is 4.79 Å². The van der Waals surface area contributed by atoms with E-state index in [0.29, 0.717) is 25.1 Å². The molecule has 0 bridgehead atoms. The molecule has 1 atom stereocenters. The van der Waals surface area contributed by atoms with Gasteiger partial charge in [0.25, 0.3) is 0 Å². The Morgan fingerprint density at radius 3 is 2.64 bits per heavy atom. The molecule has 1 unspecified atom stereocenters. The smallest absolute Gasteiger partial charge is 0.339 e. The monoisotopic (exact) mass is 334 g/mol. The van der Waals surface area contributed by atoms with Crippen LogP contribution in [0.3, 0.4) is 0 Å². The second-order valence-corrected chi connectivity index (χ2v) is 7.20. The molecule has 126 valence electrons. The van der Waals surface area contributed by atoms with E-state index in [1.165, 1.54) is 0 Å². The lowest BCUT2D eigenvalue weighted by molar-refractivity contribution is -0.134. The fraction of sp³-hybridized carbons (Fsp3) is 0.350. The minimum absolute atomic E-state index is 0.114. The first-order chi connectivity index (χ1) is 12.1. The van der Waals surface area contributed by atoms with Crippen molar-refractivity contribution in [3.63, 3.8) is 0 Å². The Bertz CT molecular complexity index is 876. The maximum Gasteiger partial charge on any atom is 0.339 e. The molecular weight excluding hydrogens is 316 g/mol. The minimum atomic E-state index is -0.677. The molecule has 5 nitrogen and oxygen atoms in total. The zero-order valence-electron chi connectivity index (χ0n) is 13.8. The van der Waals surface area contributed by atoms with E-state index in [1.54, 1.807) is 12.3 Å². The predicted octanol–water partition coefficient (Wildman–Crippen LogP) is 2.41. The summed E-state index contributed by atoms with van der Waals surface area (Å²) in [5, 5.41) is 0. The van der Waals surface area contributed by atoms with Crippen molar-refractivity contribution in [3.05, 3.63) is 65.5 Å². The highest BCUT2D eigenvalue weighted by Crippen LogP contribution is 2.51. The Hall–Kier alpha value is -2.69. The summed E-state index contributed by atoms with van der Waals surface area (Å²) in [6, 6.07) is 13.2. The van der Waals surface area contributed by atoms with Crippen LogP contribution in [0.5, 0.6) is 0 Å². The van der Waals surface area contributed by atoms with E-state index in [4.69, 9.17) is 4.74 Å². The van der Waals surface area contributed by atoms with Crippen molar-refractivity contribution in [1.82, 2.24) is 9.88 Å². The molecule has 0 radical (unpaired) electrons. The van der Waals surface area contributed by atoms with E-state index in [-0.39, 0.29) is 11.9 Å². The van der Waals surface area contributed by atoms with Crippen LogP contribution < -0.4 is 0 Å². The summed E-state index contributed by atoms with van der Waals surface area (Å²) < 4.78 is 5.75. The number of fused-ring (bicyclic) bond motifs is 2. The standard InChI is InChI=1S/C20H18N2O3/c23-17-14-5-1-2-6-15(14)20(25-17)10-12-22(13-20)18(24)19(8-9-19)16-7-3-4-11-21-16/h1-7,11H,8-10,12-13H2. The van der Waals surface area contributed by atoms with Crippen LogP contribution >= 0.6 is 0 Å². The zero-order chi connectivity index (χ0) is 17.1. The first kappa shape index (κ1) is 14.6. The number of likely N-dealkylation sites (tertiary alicyclic amines) is 1.